The van der Waals surface area contributed by atoms with Crippen LogP contribution < -0.4 is 0 Å². The van der Waals surface area contributed by atoms with Crippen LogP contribution in [0.5, 0.6) is 0 Å². The molecule has 1 heterocycles. The second-order valence-corrected chi connectivity index (χ2v) is 11.5. The monoisotopic (exact) mass is 438 g/mol. The van der Waals surface area contributed by atoms with Crippen LogP contribution in [0.2, 0.25) is 0 Å². The zero-order valence-corrected chi connectivity index (χ0v) is 22.0. The van der Waals surface area contributed by atoms with Crippen molar-refractivity contribution in [1.29, 1.82) is 0 Å². The van der Waals surface area contributed by atoms with Crippen molar-refractivity contribution in [1.82, 2.24) is 5.06 Å². The highest BCUT2D eigenvalue weighted by Gasteiger charge is 2.46. The maximum Gasteiger partial charge on any atom is 0.0611 e. The third-order valence-corrected chi connectivity index (χ3v) is 7.16. The maximum atomic E-state index is 12.4. The van der Waals surface area contributed by atoms with E-state index in [1.165, 1.54) is 108 Å². The normalized spacial score (nSPS) is 19.2. The molecule has 0 unspecified atom stereocenters. The molecule has 0 aromatic carbocycles. The first kappa shape index (κ1) is 28.9. The standard InChI is InChI=1S/C28H56NO2/c1-6-7-8-9-10-11-12-13-14-15-16-17-18-19-20-21-22-23-31-26-24-27(2,3)29(30)28(4,5)25-26/h26H,6-25H2,1-5H3. The van der Waals surface area contributed by atoms with E-state index >= 15 is 0 Å². The molecule has 3 nitrogen and oxygen atoms in total. The molecule has 185 valence electrons. The van der Waals surface area contributed by atoms with E-state index in [2.05, 4.69) is 6.92 Å². The van der Waals surface area contributed by atoms with Gasteiger partial charge in [0.15, 0.2) is 0 Å². The minimum absolute atomic E-state index is 0.233. The molecule has 3 heteroatoms. The molecule has 0 saturated carbocycles. The van der Waals surface area contributed by atoms with E-state index in [1.54, 1.807) is 0 Å². The molecule has 0 aromatic rings. The molecule has 0 aromatic heterocycles. The molecule has 0 N–H and O–H groups in total. The van der Waals surface area contributed by atoms with Crippen LogP contribution in [0.3, 0.4) is 0 Å². The van der Waals surface area contributed by atoms with Crippen molar-refractivity contribution >= 4 is 0 Å². The minimum atomic E-state index is -0.319. The van der Waals surface area contributed by atoms with Crippen molar-refractivity contribution in [2.24, 2.45) is 0 Å². The van der Waals surface area contributed by atoms with Crippen LogP contribution >= 0.6 is 0 Å². The van der Waals surface area contributed by atoms with E-state index in [1.807, 2.05) is 27.7 Å². The Morgan fingerprint density at radius 2 is 0.935 bits per heavy atom. The fraction of sp³-hybridized carbons (Fsp3) is 1.00. The van der Waals surface area contributed by atoms with Gasteiger partial charge >= 0.3 is 0 Å². The van der Waals surface area contributed by atoms with E-state index in [-0.39, 0.29) is 17.2 Å². The molecule has 1 saturated heterocycles. The Kier molecular flexibility index (Phi) is 15.4. The fourth-order valence-electron chi connectivity index (χ4n) is 5.37. The number of nitrogens with zero attached hydrogens (tertiary/aromatic N) is 1. The van der Waals surface area contributed by atoms with Gasteiger partial charge in [-0.3, -0.25) is 0 Å². The summed E-state index contributed by atoms with van der Waals surface area (Å²) in [6.45, 7) is 11.3. The van der Waals surface area contributed by atoms with E-state index in [9.17, 15) is 5.21 Å². The Morgan fingerprint density at radius 1 is 0.613 bits per heavy atom. The molecule has 1 aliphatic heterocycles. The van der Waals surface area contributed by atoms with Gasteiger partial charge in [-0.05, 0) is 47.0 Å². The summed E-state index contributed by atoms with van der Waals surface area (Å²) in [5, 5.41) is 13.7. The maximum absolute atomic E-state index is 12.4. The van der Waals surface area contributed by atoms with Gasteiger partial charge in [0.25, 0.3) is 0 Å². The zero-order chi connectivity index (χ0) is 23.0. The number of ether oxygens (including phenoxy) is 1. The first-order valence-electron chi connectivity index (χ1n) is 13.9. The van der Waals surface area contributed by atoms with Crippen molar-refractivity contribution in [2.75, 3.05) is 6.61 Å². The molecule has 31 heavy (non-hydrogen) atoms. The Bertz CT molecular complexity index is 403. The van der Waals surface area contributed by atoms with E-state index < -0.39 is 0 Å². The van der Waals surface area contributed by atoms with Crippen molar-refractivity contribution in [3.05, 3.63) is 0 Å². The van der Waals surface area contributed by atoms with Gasteiger partial charge in [-0.1, -0.05) is 110 Å². The molecule has 1 fully saturated rings. The molecule has 1 rings (SSSR count). The third kappa shape index (κ3) is 13.2. The van der Waals surface area contributed by atoms with Crippen LogP contribution in [-0.2, 0) is 9.94 Å². The predicted octanol–water partition coefficient (Wildman–Crippen LogP) is 9.02. The average molecular weight is 439 g/mol. The van der Waals surface area contributed by atoms with Crippen molar-refractivity contribution in [3.63, 3.8) is 0 Å². The molecule has 0 bridgehead atoms. The van der Waals surface area contributed by atoms with Crippen LogP contribution in [0.15, 0.2) is 0 Å². The molecule has 0 aliphatic carbocycles. The van der Waals surface area contributed by atoms with Gasteiger partial charge in [0.1, 0.15) is 0 Å². The number of hydrogen-bond acceptors (Lipinski definition) is 2. The molecular formula is C28H56NO2. The van der Waals surface area contributed by atoms with Crippen LogP contribution in [0.4, 0.5) is 0 Å². The van der Waals surface area contributed by atoms with Gasteiger partial charge in [-0.2, -0.15) is 0 Å². The van der Waals surface area contributed by atoms with Gasteiger partial charge in [-0.15, -0.1) is 10.3 Å². The number of hydrogen-bond donors (Lipinski definition) is 0. The van der Waals surface area contributed by atoms with Crippen LogP contribution in [0, 0.1) is 0 Å². The first-order chi connectivity index (χ1) is 14.8. The van der Waals surface area contributed by atoms with Crippen molar-refractivity contribution < 1.29 is 9.94 Å². The summed E-state index contributed by atoms with van der Waals surface area (Å²) in [6.07, 6.45) is 25.8. The Balaban J connectivity index is 1.84. The summed E-state index contributed by atoms with van der Waals surface area (Å²) >= 11 is 0. The summed E-state index contributed by atoms with van der Waals surface area (Å²) in [5.74, 6) is 0. The highest BCUT2D eigenvalue weighted by atomic mass is 16.5. The number of piperidine rings is 1. The average Bonchev–Trinajstić information content (AvgIpc) is 2.70. The topological polar surface area (TPSA) is 32.4 Å². The number of unbranched alkanes of at least 4 members (excludes halogenated alkanes) is 16. The molecule has 1 aliphatic rings. The van der Waals surface area contributed by atoms with Gasteiger partial charge in [0, 0.05) is 17.7 Å². The van der Waals surface area contributed by atoms with E-state index in [4.69, 9.17) is 4.74 Å². The largest absolute Gasteiger partial charge is 0.378 e. The minimum Gasteiger partial charge on any atom is -0.378 e. The quantitative estimate of drug-likeness (QED) is 0.188. The third-order valence-electron chi connectivity index (χ3n) is 7.16. The van der Waals surface area contributed by atoms with Gasteiger partial charge in [0.05, 0.1) is 6.10 Å². The Morgan fingerprint density at radius 3 is 1.29 bits per heavy atom. The second-order valence-electron chi connectivity index (χ2n) is 11.5. The highest BCUT2D eigenvalue weighted by Crippen LogP contribution is 2.38. The molecular weight excluding hydrogens is 382 g/mol. The zero-order valence-electron chi connectivity index (χ0n) is 22.0. The lowest BCUT2D eigenvalue weighted by Crippen LogP contribution is -2.59. The Hall–Kier alpha value is -0.120. The highest BCUT2D eigenvalue weighted by molar-refractivity contribution is 4.96. The van der Waals surface area contributed by atoms with Crippen LogP contribution in [-0.4, -0.2) is 28.9 Å². The fourth-order valence-corrected chi connectivity index (χ4v) is 5.37. The van der Waals surface area contributed by atoms with E-state index in [0.29, 0.717) is 0 Å². The molecule has 1 radical (unpaired) electrons. The molecule has 0 atom stereocenters. The van der Waals surface area contributed by atoms with Crippen molar-refractivity contribution in [2.45, 2.75) is 174 Å². The number of hydroxylamine groups is 2. The summed E-state index contributed by atoms with van der Waals surface area (Å²) in [4.78, 5) is 0. The lowest BCUT2D eigenvalue weighted by molar-refractivity contribution is -0.301. The first-order valence-corrected chi connectivity index (χ1v) is 13.9. The predicted molar refractivity (Wildman–Crippen MR) is 134 cm³/mol. The second kappa shape index (κ2) is 16.5. The van der Waals surface area contributed by atoms with Crippen LogP contribution in [0.25, 0.3) is 0 Å². The Labute approximate surface area is 195 Å². The van der Waals surface area contributed by atoms with Crippen molar-refractivity contribution in [3.8, 4) is 0 Å². The molecule has 0 amide bonds. The lowest BCUT2D eigenvalue weighted by Gasteiger charge is -2.49. The summed E-state index contributed by atoms with van der Waals surface area (Å²) in [7, 11) is 0. The number of rotatable bonds is 19. The SMILES string of the molecule is CCCCCCCCCCCCCCCCCCCOC1CC(C)(C)N([O])C(C)(C)C1. The van der Waals surface area contributed by atoms with E-state index in [0.717, 1.165) is 25.9 Å². The molecule has 0 spiro atoms. The van der Waals surface area contributed by atoms with Gasteiger partial charge < -0.3 is 4.74 Å². The van der Waals surface area contributed by atoms with Crippen LogP contribution in [0.1, 0.15) is 157 Å². The smallest absolute Gasteiger partial charge is 0.0611 e. The van der Waals surface area contributed by atoms with Gasteiger partial charge in [0.2, 0.25) is 0 Å². The summed E-state index contributed by atoms with van der Waals surface area (Å²) in [6, 6.07) is 0. The summed E-state index contributed by atoms with van der Waals surface area (Å²) < 4.78 is 6.16. The lowest BCUT2D eigenvalue weighted by atomic mass is 9.80. The van der Waals surface area contributed by atoms with Gasteiger partial charge in [-0.25, -0.2) is 0 Å². The summed E-state index contributed by atoms with van der Waals surface area (Å²) in [5.41, 5.74) is -0.638.